The van der Waals surface area contributed by atoms with Crippen LogP contribution in [0.5, 0.6) is 5.75 Å². The van der Waals surface area contributed by atoms with E-state index in [1.54, 1.807) is 0 Å². The van der Waals surface area contributed by atoms with E-state index in [1.807, 2.05) is 36.4 Å². The molecule has 4 heteroatoms. The Morgan fingerprint density at radius 3 is 2.28 bits per heavy atom. The molecule has 1 N–H and O–H groups in total. The Kier molecular flexibility index (Phi) is 5.69. The van der Waals surface area contributed by atoms with Crippen molar-refractivity contribution < 1.29 is 5.11 Å². The van der Waals surface area contributed by atoms with Crippen LogP contribution in [0.15, 0.2) is 42.5 Å². The molecule has 1 atom stereocenters. The summed E-state index contributed by atoms with van der Waals surface area (Å²) in [5.41, 5.74) is 3.49. The standard InChI is InChI=1S/C21H27N3O/c1-3-5-6-7-10-16(4-2)17-13-14-20(21(25)15-17)24-22-18-11-8-9-12-19(18)23-24/h8-9,11-16,25H,3-7,10H2,1-2H3. The minimum absolute atomic E-state index is 0.241. The Morgan fingerprint density at radius 1 is 0.960 bits per heavy atom. The van der Waals surface area contributed by atoms with E-state index in [0.29, 0.717) is 11.6 Å². The molecule has 0 fully saturated rings. The molecule has 3 rings (SSSR count). The maximum Gasteiger partial charge on any atom is 0.143 e. The highest BCUT2D eigenvalue weighted by atomic mass is 16.3. The zero-order valence-electron chi connectivity index (χ0n) is 15.2. The Hall–Kier alpha value is -2.36. The summed E-state index contributed by atoms with van der Waals surface area (Å²) >= 11 is 0. The first kappa shape index (κ1) is 17.5. The maximum atomic E-state index is 10.5. The van der Waals surface area contributed by atoms with Crippen LogP contribution in [0.25, 0.3) is 16.7 Å². The largest absolute Gasteiger partial charge is 0.506 e. The number of hydrogen-bond donors (Lipinski definition) is 1. The van der Waals surface area contributed by atoms with Crippen LogP contribution in [-0.4, -0.2) is 20.1 Å². The molecule has 0 amide bonds. The van der Waals surface area contributed by atoms with Crippen molar-refractivity contribution in [1.82, 2.24) is 15.0 Å². The smallest absolute Gasteiger partial charge is 0.143 e. The molecule has 0 spiro atoms. The Balaban J connectivity index is 1.79. The van der Waals surface area contributed by atoms with Gasteiger partial charge in [-0.25, -0.2) is 0 Å². The van der Waals surface area contributed by atoms with Crippen molar-refractivity contribution in [1.29, 1.82) is 0 Å². The normalized spacial score (nSPS) is 12.6. The fraction of sp³-hybridized carbons (Fsp3) is 0.429. The van der Waals surface area contributed by atoms with Gasteiger partial charge in [-0.2, -0.15) is 0 Å². The van der Waals surface area contributed by atoms with E-state index in [0.717, 1.165) is 17.5 Å². The number of aromatic nitrogens is 3. The number of phenols is 1. The fourth-order valence-electron chi connectivity index (χ4n) is 3.36. The van der Waals surface area contributed by atoms with E-state index < -0.39 is 0 Å². The fourth-order valence-corrected chi connectivity index (χ4v) is 3.36. The van der Waals surface area contributed by atoms with E-state index in [9.17, 15) is 5.11 Å². The lowest BCUT2D eigenvalue weighted by Crippen LogP contribution is -2.02. The van der Waals surface area contributed by atoms with Crippen molar-refractivity contribution in [3.63, 3.8) is 0 Å². The second-order valence-electron chi connectivity index (χ2n) is 6.68. The van der Waals surface area contributed by atoms with Gasteiger partial charge in [0.1, 0.15) is 22.5 Å². The molecular weight excluding hydrogens is 310 g/mol. The molecule has 132 valence electrons. The lowest BCUT2D eigenvalue weighted by Gasteiger charge is -2.16. The molecule has 1 unspecified atom stereocenters. The quantitative estimate of drug-likeness (QED) is 0.545. The number of nitrogens with zero attached hydrogens (tertiary/aromatic N) is 3. The predicted molar refractivity (Wildman–Crippen MR) is 102 cm³/mol. The van der Waals surface area contributed by atoms with Crippen LogP contribution in [0.1, 0.15) is 63.9 Å². The van der Waals surface area contributed by atoms with Gasteiger partial charge in [0, 0.05) is 0 Å². The highest BCUT2D eigenvalue weighted by molar-refractivity contribution is 5.73. The SMILES string of the molecule is CCCCCCC(CC)c1ccc(-n2nc3ccccc3n2)c(O)c1. The number of benzene rings is 2. The summed E-state index contributed by atoms with van der Waals surface area (Å²) in [6.45, 7) is 4.46. The molecule has 0 aliphatic rings. The van der Waals surface area contributed by atoms with Gasteiger partial charge in [0.15, 0.2) is 0 Å². The first-order valence-corrected chi connectivity index (χ1v) is 9.38. The third-order valence-corrected chi connectivity index (χ3v) is 4.87. The van der Waals surface area contributed by atoms with Crippen molar-refractivity contribution in [2.75, 3.05) is 0 Å². The van der Waals surface area contributed by atoms with Crippen LogP contribution < -0.4 is 0 Å². The zero-order valence-corrected chi connectivity index (χ0v) is 15.2. The molecule has 0 radical (unpaired) electrons. The van der Waals surface area contributed by atoms with Crippen LogP contribution >= 0.6 is 0 Å². The molecule has 1 heterocycles. The Bertz CT molecular complexity index is 792. The molecule has 0 bridgehead atoms. The molecule has 25 heavy (non-hydrogen) atoms. The molecule has 0 saturated carbocycles. The van der Waals surface area contributed by atoms with Crippen molar-refractivity contribution in [2.45, 2.75) is 58.3 Å². The Morgan fingerprint density at radius 2 is 1.68 bits per heavy atom. The monoisotopic (exact) mass is 337 g/mol. The van der Waals surface area contributed by atoms with Gasteiger partial charge in [-0.05, 0) is 48.6 Å². The average molecular weight is 337 g/mol. The van der Waals surface area contributed by atoms with E-state index in [4.69, 9.17) is 0 Å². The first-order valence-electron chi connectivity index (χ1n) is 9.38. The highest BCUT2D eigenvalue weighted by Crippen LogP contribution is 2.31. The van der Waals surface area contributed by atoms with Crippen LogP contribution in [-0.2, 0) is 0 Å². The number of rotatable bonds is 8. The number of unbranched alkanes of at least 4 members (excludes halogenated alkanes) is 3. The number of aromatic hydroxyl groups is 1. The molecular formula is C21H27N3O. The average Bonchev–Trinajstić information content (AvgIpc) is 3.05. The van der Waals surface area contributed by atoms with Crippen LogP contribution in [0.3, 0.4) is 0 Å². The van der Waals surface area contributed by atoms with Crippen LogP contribution in [0.2, 0.25) is 0 Å². The molecule has 0 aliphatic carbocycles. The van der Waals surface area contributed by atoms with E-state index in [1.165, 1.54) is 42.5 Å². The van der Waals surface area contributed by atoms with Crippen LogP contribution in [0.4, 0.5) is 0 Å². The summed E-state index contributed by atoms with van der Waals surface area (Å²) in [5.74, 6) is 0.742. The summed E-state index contributed by atoms with van der Waals surface area (Å²) in [6, 6.07) is 13.7. The topological polar surface area (TPSA) is 50.9 Å². The summed E-state index contributed by atoms with van der Waals surface area (Å²) in [7, 11) is 0. The Labute approximate surface area is 149 Å². The van der Waals surface area contributed by atoms with Gasteiger partial charge < -0.3 is 5.11 Å². The molecule has 2 aromatic carbocycles. The molecule has 3 aromatic rings. The van der Waals surface area contributed by atoms with Crippen molar-refractivity contribution in [3.8, 4) is 11.4 Å². The second kappa shape index (κ2) is 8.15. The van der Waals surface area contributed by atoms with E-state index in [2.05, 4.69) is 30.1 Å². The summed E-state index contributed by atoms with van der Waals surface area (Å²) in [6.07, 6.45) is 7.38. The third kappa shape index (κ3) is 4.01. The van der Waals surface area contributed by atoms with Gasteiger partial charge in [0.25, 0.3) is 0 Å². The predicted octanol–water partition coefficient (Wildman–Crippen LogP) is 5.59. The first-order chi connectivity index (χ1) is 12.2. The maximum absolute atomic E-state index is 10.5. The molecule has 1 aromatic heterocycles. The summed E-state index contributed by atoms with van der Waals surface area (Å²) in [5, 5.41) is 19.4. The number of fused-ring (bicyclic) bond motifs is 1. The highest BCUT2D eigenvalue weighted by Gasteiger charge is 2.14. The number of hydrogen-bond acceptors (Lipinski definition) is 3. The van der Waals surface area contributed by atoms with Gasteiger partial charge in [-0.1, -0.05) is 57.7 Å². The van der Waals surface area contributed by atoms with Gasteiger partial charge >= 0.3 is 0 Å². The van der Waals surface area contributed by atoms with Crippen molar-refractivity contribution in [2.24, 2.45) is 0 Å². The summed E-state index contributed by atoms with van der Waals surface area (Å²) in [4.78, 5) is 1.52. The van der Waals surface area contributed by atoms with E-state index >= 15 is 0 Å². The van der Waals surface area contributed by atoms with Gasteiger partial charge in [0.2, 0.25) is 0 Å². The van der Waals surface area contributed by atoms with Gasteiger partial charge in [-0.15, -0.1) is 15.0 Å². The van der Waals surface area contributed by atoms with Crippen molar-refractivity contribution >= 4 is 11.0 Å². The molecule has 0 aliphatic heterocycles. The molecule has 4 nitrogen and oxygen atoms in total. The minimum Gasteiger partial charge on any atom is -0.506 e. The van der Waals surface area contributed by atoms with Crippen LogP contribution in [0, 0.1) is 0 Å². The van der Waals surface area contributed by atoms with Crippen molar-refractivity contribution in [3.05, 3.63) is 48.0 Å². The van der Waals surface area contributed by atoms with Gasteiger partial charge in [-0.3, -0.25) is 0 Å². The van der Waals surface area contributed by atoms with E-state index in [-0.39, 0.29) is 5.75 Å². The lowest BCUT2D eigenvalue weighted by atomic mass is 9.90. The zero-order chi connectivity index (χ0) is 17.6. The molecule has 0 saturated heterocycles. The second-order valence-corrected chi connectivity index (χ2v) is 6.68. The minimum atomic E-state index is 0.241. The lowest BCUT2D eigenvalue weighted by molar-refractivity contribution is 0.464. The number of phenolic OH excluding ortho intramolecular Hbond substituents is 1. The third-order valence-electron chi connectivity index (χ3n) is 4.87. The van der Waals surface area contributed by atoms with Gasteiger partial charge in [0.05, 0.1) is 0 Å². The summed E-state index contributed by atoms with van der Waals surface area (Å²) < 4.78 is 0.